The SMILES string of the molecule is O=C(NC(Cc1ccc(O)c(F)c1)C(=O)O)OCC1c2ccccc2-c2ccccc21. The predicted molar refractivity (Wildman–Crippen MR) is 111 cm³/mol. The molecule has 31 heavy (non-hydrogen) atoms. The first kappa shape index (κ1) is 20.4. The van der Waals surface area contributed by atoms with Crippen LogP contribution in [0.5, 0.6) is 5.75 Å². The van der Waals surface area contributed by atoms with E-state index in [1.807, 2.05) is 48.5 Å². The first-order valence-electron chi connectivity index (χ1n) is 9.75. The molecule has 7 heteroatoms. The molecular weight excluding hydrogens is 401 g/mol. The summed E-state index contributed by atoms with van der Waals surface area (Å²) in [7, 11) is 0. The van der Waals surface area contributed by atoms with Crippen molar-refractivity contribution in [1.82, 2.24) is 5.32 Å². The maximum Gasteiger partial charge on any atom is 0.407 e. The lowest BCUT2D eigenvalue weighted by Gasteiger charge is -2.17. The summed E-state index contributed by atoms with van der Waals surface area (Å²) in [6.45, 7) is 0.0556. The van der Waals surface area contributed by atoms with Gasteiger partial charge in [0.05, 0.1) is 0 Å². The number of alkyl carbamates (subject to hydrolysis) is 1. The Morgan fingerprint density at radius 2 is 1.61 bits per heavy atom. The van der Waals surface area contributed by atoms with E-state index >= 15 is 0 Å². The number of benzene rings is 3. The van der Waals surface area contributed by atoms with Crippen molar-refractivity contribution in [3.63, 3.8) is 0 Å². The summed E-state index contributed by atoms with van der Waals surface area (Å²) in [5.74, 6) is -2.81. The number of amides is 1. The largest absolute Gasteiger partial charge is 0.505 e. The number of carbonyl (C=O) groups excluding carboxylic acids is 1. The molecule has 0 radical (unpaired) electrons. The van der Waals surface area contributed by atoms with Crippen LogP contribution in [0.1, 0.15) is 22.6 Å². The van der Waals surface area contributed by atoms with E-state index in [-0.39, 0.29) is 18.9 Å². The molecule has 0 saturated carbocycles. The minimum absolute atomic E-state index is 0.0556. The van der Waals surface area contributed by atoms with Gasteiger partial charge in [0.1, 0.15) is 12.6 Å². The number of aromatic hydroxyl groups is 1. The molecule has 0 fully saturated rings. The Labute approximate surface area is 177 Å². The molecule has 0 aromatic heterocycles. The topological polar surface area (TPSA) is 95.9 Å². The second-order valence-electron chi connectivity index (χ2n) is 7.35. The van der Waals surface area contributed by atoms with Crippen molar-refractivity contribution in [3.8, 4) is 16.9 Å². The highest BCUT2D eigenvalue weighted by Gasteiger charge is 2.29. The zero-order valence-electron chi connectivity index (χ0n) is 16.4. The molecule has 6 nitrogen and oxygen atoms in total. The first-order chi connectivity index (χ1) is 14.9. The number of aliphatic carboxylic acids is 1. The third-order valence-corrected chi connectivity index (χ3v) is 5.39. The lowest BCUT2D eigenvalue weighted by Crippen LogP contribution is -2.42. The number of fused-ring (bicyclic) bond motifs is 3. The van der Waals surface area contributed by atoms with Crippen LogP contribution in [0, 0.1) is 5.82 Å². The van der Waals surface area contributed by atoms with Crippen LogP contribution in [-0.4, -0.2) is 34.9 Å². The number of halogens is 1. The summed E-state index contributed by atoms with van der Waals surface area (Å²) in [5, 5.41) is 21.0. The van der Waals surface area contributed by atoms with Crippen LogP contribution in [0.4, 0.5) is 9.18 Å². The highest BCUT2D eigenvalue weighted by molar-refractivity contribution is 5.81. The smallest absolute Gasteiger partial charge is 0.407 e. The number of nitrogens with one attached hydrogen (secondary N) is 1. The minimum Gasteiger partial charge on any atom is -0.505 e. The number of hydrogen-bond donors (Lipinski definition) is 3. The van der Waals surface area contributed by atoms with E-state index < -0.39 is 29.7 Å². The number of carbonyl (C=O) groups is 2. The standard InChI is InChI=1S/C24H20FNO5/c25-20-11-14(9-10-22(20)27)12-21(23(28)29)26-24(30)31-13-19-17-7-3-1-5-15(17)16-6-2-4-8-18(16)19/h1-11,19,21,27H,12-13H2,(H,26,30)(H,28,29). The maximum absolute atomic E-state index is 13.5. The van der Waals surface area contributed by atoms with Gasteiger partial charge in [-0.25, -0.2) is 14.0 Å². The van der Waals surface area contributed by atoms with Crippen molar-refractivity contribution in [1.29, 1.82) is 0 Å². The summed E-state index contributed by atoms with van der Waals surface area (Å²) >= 11 is 0. The first-order valence-corrected chi connectivity index (χ1v) is 9.75. The molecule has 0 heterocycles. The van der Waals surface area contributed by atoms with Gasteiger partial charge in [-0.15, -0.1) is 0 Å². The summed E-state index contributed by atoms with van der Waals surface area (Å²) in [5.41, 5.74) is 4.59. The van der Waals surface area contributed by atoms with E-state index in [1.54, 1.807) is 0 Å². The van der Waals surface area contributed by atoms with Gasteiger partial charge in [0.2, 0.25) is 0 Å². The van der Waals surface area contributed by atoms with E-state index in [0.717, 1.165) is 34.4 Å². The van der Waals surface area contributed by atoms with E-state index in [4.69, 9.17) is 4.74 Å². The van der Waals surface area contributed by atoms with Crippen LogP contribution in [0.3, 0.4) is 0 Å². The fourth-order valence-corrected chi connectivity index (χ4v) is 3.90. The van der Waals surface area contributed by atoms with E-state index in [1.165, 1.54) is 6.07 Å². The average molecular weight is 421 g/mol. The zero-order valence-corrected chi connectivity index (χ0v) is 16.4. The third-order valence-electron chi connectivity index (χ3n) is 5.39. The second-order valence-corrected chi connectivity index (χ2v) is 7.35. The lowest BCUT2D eigenvalue weighted by atomic mass is 9.98. The number of rotatable bonds is 6. The molecule has 0 saturated heterocycles. The van der Waals surface area contributed by atoms with Gasteiger partial charge >= 0.3 is 12.1 Å². The fraction of sp³-hybridized carbons (Fsp3) is 0.167. The highest BCUT2D eigenvalue weighted by Crippen LogP contribution is 2.44. The monoisotopic (exact) mass is 421 g/mol. The molecule has 1 amide bonds. The molecule has 1 atom stereocenters. The molecule has 0 aliphatic heterocycles. The Hall–Kier alpha value is -3.87. The number of phenols is 1. The summed E-state index contributed by atoms with van der Waals surface area (Å²) < 4.78 is 18.9. The number of phenolic OH excluding ortho intramolecular Hbond substituents is 1. The summed E-state index contributed by atoms with van der Waals surface area (Å²) in [4.78, 5) is 23.9. The molecule has 3 aromatic carbocycles. The Balaban J connectivity index is 1.43. The number of hydrogen-bond acceptors (Lipinski definition) is 4. The predicted octanol–water partition coefficient (Wildman–Crippen LogP) is 4.07. The van der Waals surface area contributed by atoms with Crippen molar-refractivity contribution in [2.24, 2.45) is 0 Å². The third kappa shape index (κ3) is 4.21. The van der Waals surface area contributed by atoms with E-state index in [2.05, 4.69) is 5.32 Å². The van der Waals surface area contributed by atoms with Crippen molar-refractivity contribution in [2.45, 2.75) is 18.4 Å². The summed E-state index contributed by atoms with van der Waals surface area (Å²) in [6.07, 6.45) is -1.02. The van der Waals surface area contributed by atoms with Gasteiger partial charge in [-0.2, -0.15) is 0 Å². The van der Waals surface area contributed by atoms with Gasteiger partial charge in [-0.3, -0.25) is 0 Å². The maximum atomic E-state index is 13.5. The van der Waals surface area contributed by atoms with Crippen molar-refractivity contribution in [3.05, 3.63) is 89.2 Å². The quantitative estimate of drug-likeness (QED) is 0.558. The molecule has 1 aliphatic carbocycles. The normalized spacial score (nSPS) is 13.2. The zero-order chi connectivity index (χ0) is 22.0. The van der Waals surface area contributed by atoms with Gasteiger partial charge in [-0.1, -0.05) is 54.6 Å². The highest BCUT2D eigenvalue weighted by atomic mass is 19.1. The molecule has 0 spiro atoms. The van der Waals surface area contributed by atoms with E-state index in [0.29, 0.717) is 5.56 Å². The van der Waals surface area contributed by atoms with Gasteiger partial charge in [0.25, 0.3) is 0 Å². The van der Waals surface area contributed by atoms with Crippen LogP contribution in [-0.2, 0) is 16.0 Å². The second kappa shape index (κ2) is 8.47. The number of carboxylic acids is 1. The number of carboxylic acid groups (broad SMARTS) is 1. The molecule has 3 aromatic rings. The van der Waals surface area contributed by atoms with Crippen LogP contribution in [0.25, 0.3) is 11.1 Å². The summed E-state index contributed by atoms with van der Waals surface area (Å²) in [6, 6.07) is 18.0. The molecule has 158 valence electrons. The van der Waals surface area contributed by atoms with Crippen LogP contribution in [0.2, 0.25) is 0 Å². The molecule has 1 aliphatic rings. The molecule has 0 bridgehead atoms. The van der Waals surface area contributed by atoms with Gasteiger partial charge in [0, 0.05) is 12.3 Å². The average Bonchev–Trinajstić information content (AvgIpc) is 3.08. The molecule has 1 unspecified atom stereocenters. The van der Waals surface area contributed by atoms with Gasteiger partial charge in [0.15, 0.2) is 11.6 Å². The number of ether oxygens (including phenoxy) is 1. The van der Waals surface area contributed by atoms with Crippen LogP contribution < -0.4 is 5.32 Å². The molecular formula is C24H20FNO5. The van der Waals surface area contributed by atoms with Crippen LogP contribution >= 0.6 is 0 Å². The minimum atomic E-state index is -1.31. The Morgan fingerprint density at radius 1 is 1.00 bits per heavy atom. The van der Waals surface area contributed by atoms with Crippen molar-refractivity contribution < 1.29 is 28.9 Å². The Kier molecular flexibility index (Phi) is 5.58. The Morgan fingerprint density at radius 3 is 2.19 bits per heavy atom. The molecule has 3 N–H and O–H groups in total. The fourth-order valence-electron chi connectivity index (χ4n) is 3.90. The van der Waals surface area contributed by atoms with Gasteiger partial charge in [-0.05, 0) is 39.9 Å². The van der Waals surface area contributed by atoms with Crippen molar-refractivity contribution in [2.75, 3.05) is 6.61 Å². The lowest BCUT2D eigenvalue weighted by molar-refractivity contribution is -0.139. The van der Waals surface area contributed by atoms with Gasteiger partial charge < -0.3 is 20.3 Å². The van der Waals surface area contributed by atoms with Crippen LogP contribution in [0.15, 0.2) is 66.7 Å². The van der Waals surface area contributed by atoms with E-state index in [9.17, 15) is 24.2 Å². The molecule has 4 rings (SSSR count). The Bertz CT molecular complexity index is 1100. The van der Waals surface area contributed by atoms with Crippen molar-refractivity contribution >= 4 is 12.1 Å².